The third kappa shape index (κ3) is 3.41. The molecule has 0 saturated carbocycles. The number of fused-ring (bicyclic) bond motifs is 1. The molecule has 2 aromatic heterocycles. The minimum atomic E-state index is -0.173. The van der Waals surface area contributed by atoms with Crippen LogP contribution in [0, 0.1) is 0 Å². The zero-order chi connectivity index (χ0) is 17.4. The number of para-hydroxylation sites is 1. The van der Waals surface area contributed by atoms with Gasteiger partial charge in [-0.25, -0.2) is 4.98 Å². The Balaban J connectivity index is 1.83. The van der Waals surface area contributed by atoms with Crippen LogP contribution in [0.25, 0.3) is 22.4 Å². The van der Waals surface area contributed by atoms with Gasteiger partial charge in [0.1, 0.15) is 5.01 Å². The van der Waals surface area contributed by atoms with Crippen LogP contribution in [0.4, 0.5) is 0 Å². The molecule has 4 rings (SSSR count). The fraction of sp³-hybridized carbons (Fsp3) is 0. The number of benzene rings is 2. The molecule has 0 aliphatic rings. The first-order valence-electron chi connectivity index (χ1n) is 7.32. The number of H-pyrrole nitrogens is 1. The van der Waals surface area contributed by atoms with Crippen LogP contribution in [0.3, 0.4) is 0 Å². The summed E-state index contributed by atoms with van der Waals surface area (Å²) >= 11 is 15.3. The molecule has 25 heavy (non-hydrogen) atoms. The Hall–Kier alpha value is -1.92. The molecule has 7 heteroatoms. The Kier molecular flexibility index (Phi) is 4.48. The van der Waals surface area contributed by atoms with Crippen molar-refractivity contribution in [2.24, 2.45) is 0 Å². The summed E-state index contributed by atoms with van der Waals surface area (Å²) in [5, 5.41) is 1.87. The van der Waals surface area contributed by atoms with Crippen molar-refractivity contribution in [2.45, 2.75) is 0 Å². The number of thiazole rings is 2. The third-order valence-corrected chi connectivity index (χ3v) is 6.13. The molecule has 3 nitrogen and oxygen atoms in total. The maximum absolute atomic E-state index is 12.2. The van der Waals surface area contributed by atoms with E-state index in [2.05, 4.69) is 9.97 Å². The van der Waals surface area contributed by atoms with Crippen molar-refractivity contribution in [1.29, 1.82) is 0 Å². The van der Waals surface area contributed by atoms with E-state index in [0.717, 1.165) is 19.9 Å². The number of halogens is 2. The standard InChI is InChI=1S/C18H10Cl2N2OS2/c19-11-4-3-5-12(20)10(11)8-15-18(23)22-17(25-15)9-16-21-13-6-1-2-7-14(13)24-16/h1-9H,(H,22,23)/b15-8-,17-9+. The van der Waals surface area contributed by atoms with Crippen molar-refractivity contribution < 1.29 is 0 Å². The molecule has 4 aromatic rings. The lowest BCUT2D eigenvalue weighted by Gasteiger charge is -1.99. The Morgan fingerprint density at radius 1 is 0.960 bits per heavy atom. The van der Waals surface area contributed by atoms with Crippen molar-refractivity contribution in [3.8, 4) is 0 Å². The monoisotopic (exact) mass is 404 g/mol. The van der Waals surface area contributed by atoms with Gasteiger partial charge in [-0.15, -0.1) is 22.7 Å². The van der Waals surface area contributed by atoms with Gasteiger partial charge in [-0.05, 0) is 30.3 Å². The SMILES string of the molecule is O=c1[nH]/c(=C\c2nc3ccccc3s2)s/c1=C\c1c(Cl)cccc1Cl. The largest absolute Gasteiger partial charge is 0.313 e. The average molecular weight is 405 g/mol. The third-order valence-electron chi connectivity index (χ3n) is 3.52. The quantitative estimate of drug-likeness (QED) is 0.548. The van der Waals surface area contributed by atoms with Gasteiger partial charge in [0, 0.05) is 21.7 Å². The molecule has 0 aliphatic heterocycles. The number of nitrogens with zero attached hydrogens (tertiary/aromatic N) is 1. The summed E-state index contributed by atoms with van der Waals surface area (Å²) in [7, 11) is 0. The summed E-state index contributed by atoms with van der Waals surface area (Å²) in [6, 6.07) is 13.2. The van der Waals surface area contributed by atoms with E-state index >= 15 is 0 Å². The van der Waals surface area contributed by atoms with Crippen molar-refractivity contribution >= 4 is 68.2 Å². The van der Waals surface area contributed by atoms with E-state index in [0.29, 0.717) is 20.1 Å². The van der Waals surface area contributed by atoms with Crippen LogP contribution in [0.2, 0.25) is 10.0 Å². The molecule has 124 valence electrons. The molecule has 0 atom stereocenters. The van der Waals surface area contributed by atoms with Gasteiger partial charge in [-0.1, -0.05) is 41.4 Å². The summed E-state index contributed by atoms with van der Waals surface area (Å²) in [6.07, 6.45) is 3.59. The molecule has 0 amide bonds. The first kappa shape index (κ1) is 16.5. The van der Waals surface area contributed by atoms with Crippen LogP contribution in [-0.2, 0) is 0 Å². The second kappa shape index (κ2) is 6.77. The Bertz CT molecular complexity index is 1200. The molecular formula is C18H10Cl2N2OS2. The van der Waals surface area contributed by atoms with Crippen molar-refractivity contribution in [2.75, 3.05) is 0 Å². The summed E-state index contributed by atoms with van der Waals surface area (Å²) in [5.41, 5.74) is 1.42. The number of aromatic amines is 1. The van der Waals surface area contributed by atoms with Crippen molar-refractivity contribution in [3.05, 3.63) is 82.6 Å². The molecule has 2 aromatic carbocycles. The van der Waals surface area contributed by atoms with Gasteiger partial charge in [-0.3, -0.25) is 4.79 Å². The van der Waals surface area contributed by atoms with E-state index in [-0.39, 0.29) is 5.56 Å². The predicted octanol–water partition coefficient (Wildman–Crippen LogP) is 4.01. The second-order valence-electron chi connectivity index (χ2n) is 5.23. The van der Waals surface area contributed by atoms with E-state index in [1.807, 2.05) is 30.3 Å². The number of nitrogens with one attached hydrogen (secondary N) is 1. The van der Waals surface area contributed by atoms with E-state index in [4.69, 9.17) is 23.2 Å². The molecule has 0 spiro atoms. The van der Waals surface area contributed by atoms with Crippen LogP contribution < -0.4 is 14.8 Å². The maximum Gasteiger partial charge on any atom is 0.266 e. The van der Waals surface area contributed by atoms with Gasteiger partial charge in [0.2, 0.25) is 0 Å². The van der Waals surface area contributed by atoms with Gasteiger partial charge in [0.05, 0.1) is 19.4 Å². The van der Waals surface area contributed by atoms with Crippen LogP contribution in [0.5, 0.6) is 0 Å². The predicted molar refractivity (Wildman–Crippen MR) is 107 cm³/mol. The number of hydrogen-bond donors (Lipinski definition) is 1. The van der Waals surface area contributed by atoms with E-state index in [9.17, 15) is 4.79 Å². The highest BCUT2D eigenvalue weighted by Crippen LogP contribution is 2.24. The Morgan fingerprint density at radius 2 is 1.72 bits per heavy atom. The first-order chi connectivity index (χ1) is 12.1. The normalized spacial score (nSPS) is 13.0. The second-order valence-corrected chi connectivity index (χ2v) is 8.19. The van der Waals surface area contributed by atoms with Gasteiger partial charge >= 0.3 is 0 Å². The molecule has 0 bridgehead atoms. The molecule has 0 saturated heterocycles. The molecule has 0 aliphatic carbocycles. The van der Waals surface area contributed by atoms with Gasteiger partial charge in [-0.2, -0.15) is 0 Å². The smallest absolute Gasteiger partial charge is 0.266 e. The highest BCUT2D eigenvalue weighted by atomic mass is 35.5. The zero-order valence-electron chi connectivity index (χ0n) is 12.6. The Labute approximate surface area is 160 Å². The van der Waals surface area contributed by atoms with E-state index in [1.165, 1.54) is 11.3 Å². The van der Waals surface area contributed by atoms with E-state index < -0.39 is 0 Å². The Morgan fingerprint density at radius 3 is 2.48 bits per heavy atom. The summed E-state index contributed by atoms with van der Waals surface area (Å²) in [4.78, 5) is 19.6. The molecule has 2 heterocycles. The van der Waals surface area contributed by atoms with Gasteiger partial charge in [0.15, 0.2) is 0 Å². The lowest BCUT2D eigenvalue weighted by molar-refractivity contribution is 1.25. The minimum absolute atomic E-state index is 0.173. The molecule has 0 radical (unpaired) electrons. The summed E-state index contributed by atoms with van der Waals surface area (Å²) in [6.45, 7) is 0. The average Bonchev–Trinajstić information content (AvgIpc) is 3.14. The van der Waals surface area contributed by atoms with Crippen LogP contribution in [0.15, 0.2) is 47.3 Å². The number of hydrogen-bond acceptors (Lipinski definition) is 4. The fourth-order valence-electron chi connectivity index (χ4n) is 2.37. The number of rotatable bonds is 2. The lowest BCUT2D eigenvalue weighted by atomic mass is 10.2. The van der Waals surface area contributed by atoms with Crippen molar-refractivity contribution in [3.63, 3.8) is 0 Å². The molecule has 0 fully saturated rings. The highest BCUT2D eigenvalue weighted by Gasteiger charge is 2.04. The molecule has 0 unspecified atom stereocenters. The fourth-order valence-corrected chi connectivity index (χ4v) is 4.73. The van der Waals surface area contributed by atoms with Crippen LogP contribution in [0.1, 0.15) is 10.6 Å². The summed E-state index contributed by atoms with van der Waals surface area (Å²) < 4.78 is 2.39. The highest BCUT2D eigenvalue weighted by molar-refractivity contribution is 7.19. The number of aromatic nitrogens is 2. The first-order valence-corrected chi connectivity index (χ1v) is 9.71. The zero-order valence-corrected chi connectivity index (χ0v) is 15.8. The summed E-state index contributed by atoms with van der Waals surface area (Å²) in [5.74, 6) is 0. The van der Waals surface area contributed by atoms with Crippen LogP contribution >= 0.6 is 45.9 Å². The molecule has 1 N–H and O–H groups in total. The van der Waals surface area contributed by atoms with E-state index in [1.54, 1.807) is 35.6 Å². The lowest BCUT2D eigenvalue weighted by Crippen LogP contribution is -2.19. The van der Waals surface area contributed by atoms with Crippen molar-refractivity contribution in [1.82, 2.24) is 9.97 Å². The van der Waals surface area contributed by atoms with Gasteiger partial charge < -0.3 is 4.98 Å². The topological polar surface area (TPSA) is 45.8 Å². The van der Waals surface area contributed by atoms with Gasteiger partial charge in [0.25, 0.3) is 5.56 Å². The maximum atomic E-state index is 12.2. The molecular weight excluding hydrogens is 395 g/mol. The minimum Gasteiger partial charge on any atom is -0.313 e. The van der Waals surface area contributed by atoms with Crippen LogP contribution in [-0.4, -0.2) is 9.97 Å².